The molecule has 0 unspecified atom stereocenters. The van der Waals surface area contributed by atoms with Gasteiger partial charge in [-0.05, 0) is 20.8 Å². The van der Waals surface area contributed by atoms with Gasteiger partial charge < -0.3 is 10.2 Å². The van der Waals surface area contributed by atoms with Gasteiger partial charge in [0.1, 0.15) is 0 Å². The van der Waals surface area contributed by atoms with Crippen LogP contribution >= 0.6 is 0 Å². The van der Waals surface area contributed by atoms with E-state index in [-0.39, 0.29) is 0 Å². The van der Waals surface area contributed by atoms with E-state index in [4.69, 9.17) is 10.2 Å². The molecule has 0 amide bonds. The van der Waals surface area contributed by atoms with Crippen LogP contribution in [0.25, 0.3) is 0 Å². The first-order valence-corrected chi connectivity index (χ1v) is 2.82. The second-order valence-electron chi connectivity index (χ2n) is 2.87. The molecule has 0 saturated heterocycles. The molecule has 8 heavy (non-hydrogen) atoms. The number of rotatable bonds is 2. The third-order valence-electron chi connectivity index (χ3n) is 0.795. The van der Waals surface area contributed by atoms with Crippen LogP contribution < -0.4 is 0 Å². The Balaban J connectivity index is 3.39. The lowest BCUT2D eigenvalue weighted by Crippen LogP contribution is -2.24. The molecule has 0 radical (unpaired) electrons. The van der Waals surface area contributed by atoms with Gasteiger partial charge >= 0.3 is 0 Å². The summed E-state index contributed by atoms with van der Waals surface area (Å²) in [7, 11) is 0. The van der Waals surface area contributed by atoms with Gasteiger partial charge in [0.25, 0.3) is 0 Å². The molecule has 2 nitrogen and oxygen atoms in total. The summed E-state index contributed by atoms with van der Waals surface area (Å²) in [5, 5.41) is 17.8. The van der Waals surface area contributed by atoms with Crippen molar-refractivity contribution < 1.29 is 10.2 Å². The molecule has 0 bridgehead atoms. The Bertz CT molecular complexity index is 61.4. The summed E-state index contributed by atoms with van der Waals surface area (Å²) in [6.45, 7) is 5.03. The first kappa shape index (κ1) is 7.92. The zero-order valence-electron chi connectivity index (χ0n) is 5.68. The van der Waals surface area contributed by atoms with Crippen LogP contribution in [0.2, 0.25) is 0 Å². The number of hydrogen-bond donors (Lipinski definition) is 2. The summed E-state index contributed by atoms with van der Waals surface area (Å²) < 4.78 is 0. The van der Waals surface area contributed by atoms with E-state index >= 15 is 0 Å². The van der Waals surface area contributed by atoms with E-state index in [9.17, 15) is 0 Å². The molecule has 2 heteroatoms. The molecule has 0 rings (SSSR count). The zero-order chi connectivity index (χ0) is 6.78. The fourth-order valence-electron chi connectivity index (χ4n) is 0.723. The molecule has 0 aromatic heterocycles. The van der Waals surface area contributed by atoms with Crippen molar-refractivity contribution >= 4 is 0 Å². The average Bonchev–Trinajstić information content (AvgIpc) is 1.21. The number of hydrogen-bond acceptors (Lipinski definition) is 2. The van der Waals surface area contributed by atoms with E-state index in [1.807, 2.05) is 0 Å². The van der Waals surface area contributed by atoms with E-state index in [1.165, 1.54) is 0 Å². The molecular weight excluding hydrogens is 104 g/mol. The molecule has 2 N–H and O–H groups in total. The Hall–Kier alpha value is -0.0800. The van der Waals surface area contributed by atoms with Crippen molar-refractivity contribution in [3.63, 3.8) is 0 Å². The van der Waals surface area contributed by atoms with Crippen LogP contribution in [-0.2, 0) is 0 Å². The van der Waals surface area contributed by atoms with Gasteiger partial charge in [-0.25, -0.2) is 0 Å². The first-order valence-electron chi connectivity index (χ1n) is 2.82. The van der Waals surface area contributed by atoms with Crippen molar-refractivity contribution in [3.05, 3.63) is 0 Å². The molecular formula is C6H14O2. The summed E-state index contributed by atoms with van der Waals surface area (Å²) in [5.74, 6) is 0. The molecule has 1 atom stereocenters. The second-order valence-corrected chi connectivity index (χ2v) is 2.87. The highest BCUT2D eigenvalue weighted by atomic mass is 16.3. The van der Waals surface area contributed by atoms with Crippen molar-refractivity contribution in [2.24, 2.45) is 0 Å². The molecule has 0 aliphatic rings. The van der Waals surface area contributed by atoms with Gasteiger partial charge in [-0.15, -0.1) is 0 Å². The predicted molar refractivity (Wildman–Crippen MR) is 32.6 cm³/mol. The van der Waals surface area contributed by atoms with Crippen LogP contribution in [0.5, 0.6) is 0 Å². The van der Waals surface area contributed by atoms with Crippen molar-refractivity contribution in [1.82, 2.24) is 0 Å². The van der Waals surface area contributed by atoms with Crippen LogP contribution in [0.1, 0.15) is 27.2 Å². The highest BCUT2D eigenvalue weighted by Gasteiger charge is 2.14. The maximum absolute atomic E-state index is 9.03. The van der Waals surface area contributed by atoms with Gasteiger partial charge in [-0.3, -0.25) is 0 Å². The molecule has 0 aliphatic carbocycles. The minimum Gasteiger partial charge on any atom is -0.393 e. The highest BCUT2D eigenvalue weighted by Crippen LogP contribution is 2.09. The lowest BCUT2D eigenvalue weighted by molar-refractivity contribution is 0.0249. The Morgan fingerprint density at radius 1 is 1.50 bits per heavy atom. The molecule has 0 saturated carbocycles. The normalized spacial score (nSPS) is 16.1. The summed E-state index contributed by atoms with van der Waals surface area (Å²) in [5.41, 5.74) is -0.728. The van der Waals surface area contributed by atoms with E-state index in [0.29, 0.717) is 6.42 Å². The number of aliphatic hydroxyl groups excluding tert-OH is 1. The molecule has 0 aromatic rings. The standard InChI is InChI=1S/C6H14O2/c1-5(7)4-6(2,3)8/h5,7-8H,4H2,1-3H3/t5-/m1/s1. The van der Waals surface area contributed by atoms with Crippen LogP contribution in [0.15, 0.2) is 0 Å². The van der Waals surface area contributed by atoms with Crippen molar-refractivity contribution in [2.75, 3.05) is 0 Å². The molecule has 50 valence electrons. The summed E-state index contributed by atoms with van der Waals surface area (Å²) in [4.78, 5) is 0. The topological polar surface area (TPSA) is 40.5 Å². The molecule has 0 spiro atoms. The lowest BCUT2D eigenvalue weighted by Gasteiger charge is -2.17. The maximum atomic E-state index is 9.03. The van der Waals surface area contributed by atoms with E-state index in [0.717, 1.165) is 0 Å². The van der Waals surface area contributed by atoms with E-state index < -0.39 is 11.7 Å². The predicted octanol–water partition coefficient (Wildman–Crippen LogP) is 0.528. The summed E-state index contributed by atoms with van der Waals surface area (Å²) >= 11 is 0. The van der Waals surface area contributed by atoms with Gasteiger partial charge in [0.05, 0.1) is 11.7 Å². The largest absolute Gasteiger partial charge is 0.393 e. The van der Waals surface area contributed by atoms with Crippen LogP contribution in [0.3, 0.4) is 0 Å². The first-order chi connectivity index (χ1) is 3.42. The molecule has 0 aliphatic heterocycles. The van der Waals surface area contributed by atoms with Crippen LogP contribution in [0, 0.1) is 0 Å². The summed E-state index contributed by atoms with van der Waals surface area (Å²) in [6, 6.07) is 0. The Morgan fingerprint density at radius 3 is 1.88 bits per heavy atom. The van der Waals surface area contributed by atoms with E-state index in [1.54, 1.807) is 20.8 Å². The van der Waals surface area contributed by atoms with Gasteiger partial charge in [0.2, 0.25) is 0 Å². The zero-order valence-corrected chi connectivity index (χ0v) is 5.68. The highest BCUT2D eigenvalue weighted by molar-refractivity contribution is 4.67. The van der Waals surface area contributed by atoms with Gasteiger partial charge in [0, 0.05) is 6.42 Å². The van der Waals surface area contributed by atoms with Gasteiger partial charge in [-0.1, -0.05) is 0 Å². The average molecular weight is 118 g/mol. The summed E-state index contributed by atoms with van der Waals surface area (Å²) in [6.07, 6.45) is 0.0301. The third kappa shape index (κ3) is 5.92. The fourth-order valence-corrected chi connectivity index (χ4v) is 0.723. The van der Waals surface area contributed by atoms with Crippen molar-refractivity contribution in [2.45, 2.75) is 38.9 Å². The van der Waals surface area contributed by atoms with Gasteiger partial charge in [-0.2, -0.15) is 0 Å². The third-order valence-corrected chi connectivity index (χ3v) is 0.795. The fraction of sp³-hybridized carbons (Fsp3) is 1.00. The minimum atomic E-state index is -0.728. The minimum absolute atomic E-state index is 0.407. The number of aliphatic hydroxyl groups is 2. The lowest BCUT2D eigenvalue weighted by atomic mass is 10.0. The Morgan fingerprint density at radius 2 is 1.88 bits per heavy atom. The Kier molecular flexibility index (Phi) is 2.44. The van der Waals surface area contributed by atoms with Crippen LogP contribution in [-0.4, -0.2) is 21.9 Å². The molecule has 0 heterocycles. The second kappa shape index (κ2) is 2.46. The van der Waals surface area contributed by atoms with Gasteiger partial charge in [0.15, 0.2) is 0 Å². The smallest absolute Gasteiger partial charge is 0.0616 e. The molecule has 0 fully saturated rings. The van der Waals surface area contributed by atoms with E-state index in [2.05, 4.69) is 0 Å². The quantitative estimate of drug-likeness (QED) is 0.555. The van der Waals surface area contributed by atoms with Crippen molar-refractivity contribution in [3.8, 4) is 0 Å². The van der Waals surface area contributed by atoms with Crippen molar-refractivity contribution in [1.29, 1.82) is 0 Å². The SMILES string of the molecule is C[C@@H](O)CC(C)(C)O. The Labute approximate surface area is 50.2 Å². The van der Waals surface area contributed by atoms with Crippen LogP contribution in [0.4, 0.5) is 0 Å². The maximum Gasteiger partial charge on any atom is 0.0616 e. The monoisotopic (exact) mass is 118 g/mol. The molecule has 0 aromatic carbocycles.